The molecule has 0 atom stereocenters. The molecule has 50 heavy (non-hydrogen) atoms. The summed E-state index contributed by atoms with van der Waals surface area (Å²) in [5.41, 5.74) is 6.01. The molecule has 0 aliphatic heterocycles. The third-order valence-electron chi connectivity index (χ3n) is 10.7. The van der Waals surface area contributed by atoms with Crippen molar-refractivity contribution in [2.75, 3.05) is 0 Å². The number of benzene rings is 3. The van der Waals surface area contributed by atoms with Gasteiger partial charge >= 0.3 is 0 Å². The predicted molar refractivity (Wildman–Crippen MR) is 203 cm³/mol. The molecule has 0 bridgehead atoms. The number of rotatable bonds is 9. The van der Waals surface area contributed by atoms with Crippen molar-refractivity contribution in [2.45, 2.75) is 93.4 Å². The fourth-order valence-electron chi connectivity index (χ4n) is 6.17. The van der Waals surface area contributed by atoms with E-state index in [2.05, 4.69) is 69.3 Å². The Morgan fingerprint density at radius 1 is 0.780 bits per heavy atom. The Morgan fingerprint density at radius 3 is 2.04 bits per heavy atom. The number of allylic oxidation sites excluding steroid dienone is 2. The van der Waals surface area contributed by atoms with E-state index in [0.29, 0.717) is 5.71 Å². The molecule has 0 unspecified atom stereocenters. The van der Waals surface area contributed by atoms with E-state index >= 15 is 0 Å². The summed E-state index contributed by atoms with van der Waals surface area (Å²) in [4.78, 5) is 17.0. The summed E-state index contributed by atoms with van der Waals surface area (Å²) >= 11 is 0. The first-order valence-corrected chi connectivity index (χ1v) is 17.5. The zero-order chi connectivity index (χ0) is 35.6. The van der Waals surface area contributed by atoms with Gasteiger partial charge in [0, 0.05) is 59.0 Å². The van der Waals surface area contributed by atoms with Crippen molar-refractivity contribution in [3.8, 4) is 22.4 Å². The van der Waals surface area contributed by atoms with Gasteiger partial charge in [0.2, 0.25) is 5.71 Å². The van der Waals surface area contributed by atoms with Gasteiger partial charge in [-0.3, -0.25) is 9.78 Å². The molecular formula is C44H50IrNO4-. The van der Waals surface area contributed by atoms with Gasteiger partial charge in [-0.1, -0.05) is 116 Å². The van der Waals surface area contributed by atoms with Crippen LogP contribution in [0.25, 0.3) is 55.2 Å². The first-order valence-electron chi connectivity index (χ1n) is 17.5. The first kappa shape index (κ1) is 38.8. The van der Waals surface area contributed by atoms with E-state index in [1.54, 1.807) is 6.26 Å². The zero-order valence-corrected chi connectivity index (χ0v) is 33.3. The molecule has 6 heteroatoms. The average Bonchev–Trinajstić information content (AvgIpc) is 3.77. The van der Waals surface area contributed by atoms with Crippen molar-refractivity contribution >= 4 is 38.6 Å². The number of furan rings is 2. The number of carbonyl (C=O) groups is 1. The summed E-state index contributed by atoms with van der Waals surface area (Å²) in [5.74, 6) is 0.286. The molecular weight excluding hydrogens is 799 g/mol. The standard InChI is InChI=1S/C29H22NO2.C15H28O2.Ir/c1-29(2,3)25-15-19(14-18-8-4-5-9-20(18)25)26-16-23(22-12-13-31-28(22)30-26)24-17-32-27-11-7-6-10-21(24)27;1-7-14(5,8-2)12(16)11-13(17)15(6,9-3)10-4;/h4-13,15-17H,1-3H3;11,16H,7-10H2,1-6H3;/q-1;;/b;12-11-;. The van der Waals surface area contributed by atoms with E-state index in [0.717, 1.165) is 69.8 Å². The largest absolute Gasteiger partial charge is 0.512 e. The molecule has 1 N–H and O–H groups in total. The monoisotopic (exact) mass is 849 g/mol. The summed E-state index contributed by atoms with van der Waals surface area (Å²) in [6.07, 6.45) is 8.27. The number of hydrogen-bond donors (Lipinski definition) is 1. The van der Waals surface area contributed by atoms with Crippen LogP contribution in [0.2, 0.25) is 0 Å². The Kier molecular flexibility index (Phi) is 12.0. The molecule has 3 heterocycles. The zero-order valence-electron chi connectivity index (χ0n) is 30.9. The fraction of sp³-hybridized carbons (Fsp3) is 0.364. The smallest absolute Gasteiger partial charge is 0.219 e. The molecule has 265 valence electrons. The second-order valence-electron chi connectivity index (χ2n) is 14.7. The molecule has 1 radical (unpaired) electrons. The third-order valence-corrected chi connectivity index (χ3v) is 10.7. The van der Waals surface area contributed by atoms with Crippen LogP contribution in [0.4, 0.5) is 0 Å². The number of aliphatic hydroxyl groups is 1. The van der Waals surface area contributed by atoms with Gasteiger partial charge in [0.05, 0.1) is 12.5 Å². The normalized spacial score (nSPS) is 12.5. The van der Waals surface area contributed by atoms with Crippen LogP contribution in [0.5, 0.6) is 0 Å². The Morgan fingerprint density at radius 2 is 1.40 bits per heavy atom. The Balaban J connectivity index is 0.000000269. The average molecular weight is 849 g/mol. The van der Waals surface area contributed by atoms with E-state index in [-0.39, 0.29) is 47.9 Å². The molecule has 6 rings (SSSR count). The quantitative estimate of drug-likeness (QED) is 0.0891. The number of hydrogen-bond acceptors (Lipinski definition) is 5. The number of carbonyl (C=O) groups excluding carboxylic acids is 1. The summed E-state index contributed by atoms with van der Waals surface area (Å²) < 4.78 is 11.6. The second-order valence-corrected chi connectivity index (χ2v) is 14.7. The number of nitrogens with zero attached hydrogens (tertiary/aromatic N) is 1. The van der Waals surface area contributed by atoms with Crippen LogP contribution in [-0.2, 0) is 30.3 Å². The van der Waals surface area contributed by atoms with Gasteiger partial charge in [0.25, 0.3) is 0 Å². The summed E-state index contributed by atoms with van der Waals surface area (Å²) in [6.45, 7) is 18.8. The Hall–Kier alpha value is -3.99. The fourth-order valence-corrected chi connectivity index (χ4v) is 6.17. The van der Waals surface area contributed by atoms with Crippen LogP contribution < -0.4 is 0 Å². The van der Waals surface area contributed by atoms with Crippen molar-refractivity contribution in [3.05, 3.63) is 103 Å². The number of pyridine rings is 1. The maximum Gasteiger partial charge on any atom is 0.219 e. The maximum absolute atomic E-state index is 12.2. The van der Waals surface area contributed by atoms with Crippen LogP contribution in [-0.4, -0.2) is 15.9 Å². The summed E-state index contributed by atoms with van der Waals surface area (Å²) in [7, 11) is 0. The van der Waals surface area contributed by atoms with Crippen molar-refractivity contribution in [1.82, 2.24) is 4.98 Å². The topological polar surface area (TPSA) is 76.5 Å². The number of ketones is 1. The van der Waals surface area contributed by atoms with Gasteiger partial charge in [-0.2, -0.15) is 0 Å². The van der Waals surface area contributed by atoms with Gasteiger partial charge in [-0.25, -0.2) is 0 Å². The van der Waals surface area contributed by atoms with Crippen molar-refractivity contribution in [1.29, 1.82) is 0 Å². The number of aliphatic hydroxyl groups excluding tert-OH is 1. The number of fused-ring (bicyclic) bond motifs is 3. The van der Waals surface area contributed by atoms with Gasteiger partial charge in [-0.05, 0) is 48.8 Å². The molecule has 3 aromatic carbocycles. The Labute approximate surface area is 310 Å². The molecule has 0 aliphatic rings. The third kappa shape index (κ3) is 7.67. The van der Waals surface area contributed by atoms with Gasteiger partial charge < -0.3 is 13.9 Å². The minimum Gasteiger partial charge on any atom is -0.512 e. The van der Waals surface area contributed by atoms with E-state index in [1.807, 2.05) is 72.1 Å². The molecule has 6 aromatic rings. The van der Waals surface area contributed by atoms with Crippen LogP contribution in [0.1, 0.15) is 93.6 Å². The van der Waals surface area contributed by atoms with Gasteiger partial charge in [0.1, 0.15) is 11.3 Å². The summed E-state index contributed by atoms with van der Waals surface area (Å²) in [6, 6.07) is 26.4. The van der Waals surface area contributed by atoms with E-state index < -0.39 is 0 Å². The predicted octanol–water partition coefficient (Wildman–Crippen LogP) is 12.8. The SMILES string of the molecule is CC(C)(C)c1cc(-c2cc(-c3coc4ccccc34)c3ccoc3n2)[c-]c2ccccc12.CCC(C)(CC)C(=O)/C=C(\O)C(C)(CC)CC.[Ir]. The van der Waals surface area contributed by atoms with Crippen LogP contribution in [0.15, 0.2) is 99.9 Å². The number of aromatic nitrogens is 1. The summed E-state index contributed by atoms with van der Waals surface area (Å²) in [5, 5.41) is 14.5. The minimum atomic E-state index is -0.337. The first-order chi connectivity index (χ1) is 23.3. The molecule has 5 nitrogen and oxygen atoms in total. The number of para-hydroxylation sites is 1. The molecule has 0 amide bonds. The van der Waals surface area contributed by atoms with Crippen LogP contribution >= 0.6 is 0 Å². The Bertz CT molecular complexity index is 2120. The molecule has 0 spiro atoms. The minimum absolute atomic E-state index is 0. The second kappa shape index (κ2) is 15.5. The molecule has 0 aliphatic carbocycles. The van der Waals surface area contributed by atoms with Gasteiger partial charge in [-0.15, -0.1) is 29.1 Å². The van der Waals surface area contributed by atoms with Crippen LogP contribution in [0, 0.1) is 16.9 Å². The van der Waals surface area contributed by atoms with Crippen molar-refractivity contribution in [2.24, 2.45) is 10.8 Å². The van der Waals surface area contributed by atoms with E-state index in [9.17, 15) is 9.90 Å². The molecule has 0 saturated carbocycles. The van der Waals surface area contributed by atoms with E-state index in [4.69, 9.17) is 13.8 Å². The van der Waals surface area contributed by atoms with Crippen molar-refractivity contribution < 1.29 is 38.8 Å². The van der Waals surface area contributed by atoms with Crippen molar-refractivity contribution in [3.63, 3.8) is 0 Å². The van der Waals surface area contributed by atoms with E-state index in [1.165, 1.54) is 17.0 Å². The van der Waals surface area contributed by atoms with Crippen LogP contribution in [0.3, 0.4) is 0 Å². The molecule has 0 saturated heterocycles. The molecule has 3 aromatic heterocycles. The maximum atomic E-state index is 12.2. The van der Waals surface area contributed by atoms with Gasteiger partial charge in [0.15, 0.2) is 5.78 Å². The molecule has 0 fully saturated rings.